The maximum atomic E-state index is 12.8. The van der Waals surface area contributed by atoms with Gasteiger partial charge in [-0.05, 0) is 30.3 Å². The van der Waals surface area contributed by atoms with Gasteiger partial charge in [0.1, 0.15) is 0 Å². The molecule has 0 spiro atoms. The smallest absolute Gasteiger partial charge is 0.262 e. The number of amides is 1. The lowest BCUT2D eigenvalue weighted by atomic mass is 10.3. The van der Waals surface area contributed by atoms with Crippen LogP contribution in [0.1, 0.15) is 0 Å². The first kappa shape index (κ1) is 21.9. The van der Waals surface area contributed by atoms with Crippen LogP contribution in [0.25, 0.3) is 0 Å². The molecule has 3 rings (SSSR count). The average molecular weight is 456 g/mol. The van der Waals surface area contributed by atoms with Crippen LogP contribution in [0.5, 0.6) is 11.5 Å². The van der Waals surface area contributed by atoms with Crippen LogP contribution in [0, 0.1) is 0 Å². The van der Waals surface area contributed by atoms with Crippen molar-refractivity contribution in [1.82, 2.24) is 9.62 Å². The Hall–Kier alpha value is -2.83. The van der Waals surface area contributed by atoms with Crippen molar-refractivity contribution in [2.24, 2.45) is 0 Å². The first-order chi connectivity index (χ1) is 14.2. The maximum absolute atomic E-state index is 12.8. The number of carbonyl (C=O) groups excluding carboxylic acids is 1. The molecule has 0 bridgehead atoms. The Kier molecular flexibility index (Phi) is 6.19. The van der Waals surface area contributed by atoms with E-state index in [9.17, 15) is 21.6 Å². The number of nitrogens with zero attached hydrogens (tertiary/aromatic N) is 1. The van der Waals surface area contributed by atoms with E-state index in [1.807, 2.05) is 0 Å². The van der Waals surface area contributed by atoms with Crippen LogP contribution >= 0.6 is 0 Å². The van der Waals surface area contributed by atoms with E-state index in [0.29, 0.717) is 5.75 Å². The van der Waals surface area contributed by atoms with Gasteiger partial charge in [-0.3, -0.25) is 9.52 Å². The quantitative estimate of drug-likeness (QED) is 0.626. The molecule has 12 heteroatoms. The third kappa shape index (κ3) is 4.50. The summed E-state index contributed by atoms with van der Waals surface area (Å²) >= 11 is 0. The normalized spacial score (nSPS) is 15.3. The third-order valence-electron chi connectivity index (χ3n) is 4.39. The van der Waals surface area contributed by atoms with Crippen molar-refractivity contribution in [2.75, 3.05) is 38.6 Å². The number of ether oxygens (including phenoxy) is 2. The fourth-order valence-electron chi connectivity index (χ4n) is 2.89. The van der Waals surface area contributed by atoms with E-state index in [-0.39, 0.29) is 40.9 Å². The summed E-state index contributed by atoms with van der Waals surface area (Å²) in [6, 6.07) is 9.50. The van der Waals surface area contributed by atoms with Gasteiger partial charge < -0.3 is 14.8 Å². The Balaban J connectivity index is 1.88. The molecule has 1 aliphatic rings. The van der Waals surface area contributed by atoms with Gasteiger partial charge in [0.15, 0.2) is 11.5 Å². The zero-order valence-electron chi connectivity index (χ0n) is 16.3. The molecular weight excluding hydrogens is 434 g/mol. The Morgan fingerprint density at radius 2 is 1.70 bits per heavy atom. The first-order valence-electron chi connectivity index (χ1n) is 8.79. The Bertz CT molecular complexity index is 1160. The van der Waals surface area contributed by atoms with Gasteiger partial charge in [-0.25, -0.2) is 16.8 Å². The molecule has 0 aromatic heterocycles. The molecule has 0 unspecified atom stereocenters. The predicted octanol–water partition coefficient (Wildman–Crippen LogP) is 0.625. The summed E-state index contributed by atoms with van der Waals surface area (Å²) in [6.07, 6.45) is 0. The fourth-order valence-corrected chi connectivity index (χ4v) is 5.40. The van der Waals surface area contributed by atoms with Crippen LogP contribution in [0.4, 0.5) is 5.69 Å². The highest BCUT2D eigenvalue weighted by Crippen LogP contribution is 2.30. The van der Waals surface area contributed by atoms with Gasteiger partial charge >= 0.3 is 0 Å². The van der Waals surface area contributed by atoms with E-state index in [1.165, 1.54) is 56.7 Å². The largest absolute Gasteiger partial charge is 0.493 e. The lowest BCUT2D eigenvalue weighted by Gasteiger charge is -2.26. The third-order valence-corrected chi connectivity index (χ3v) is 7.61. The van der Waals surface area contributed by atoms with Crippen LogP contribution in [0.15, 0.2) is 52.3 Å². The van der Waals surface area contributed by atoms with Crippen LogP contribution in [-0.4, -0.2) is 60.9 Å². The minimum atomic E-state index is -4.02. The van der Waals surface area contributed by atoms with Crippen molar-refractivity contribution in [3.63, 3.8) is 0 Å². The topological polar surface area (TPSA) is 131 Å². The lowest BCUT2D eigenvalue weighted by Crippen LogP contribution is -2.49. The number of hydrogen-bond acceptors (Lipinski definition) is 7. The molecule has 0 radical (unpaired) electrons. The van der Waals surface area contributed by atoms with Crippen molar-refractivity contribution in [3.8, 4) is 11.5 Å². The maximum Gasteiger partial charge on any atom is 0.262 e. The molecule has 1 amide bonds. The van der Waals surface area contributed by atoms with E-state index in [0.717, 1.165) is 4.31 Å². The lowest BCUT2D eigenvalue weighted by molar-refractivity contribution is -0.122. The number of rotatable bonds is 7. The van der Waals surface area contributed by atoms with Gasteiger partial charge in [-0.15, -0.1) is 0 Å². The monoisotopic (exact) mass is 455 g/mol. The van der Waals surface area contributed by atoms with Crippen molar-refractivity contribution in [3.05, 3.63) is 42.5 Å². The average Bonchev–Trinajstić information content (AvgIpc) is 2.73. The van der Waals surface area contributed by atoms with Gasteiger partial charge in [0.25, 0.3) is 10.0 Å². The highest BCUT2D eigenvalue weighted by atomic mass is 32.2. The van der Waals surface area contributed by atoms with E-state index < -0.39 is 26.0 Å². The molecule has 1 saturated heterocycles. The SMILES string of the molecule is COc1ccc(S(=O)(=O)Nc2cccc(S(=O)(=O)N3CCNC(=O)C3)c2)cc1OC. The zero-order valence-corrected chi connectivity index (χ0v) is 17.9. The standard InChI is InChI=1S/C18H21N3O7S2/c1-27-16-7-6-14(11-17(16)28-2)29(23,24)20-13-4-3-5-15(10-13)30(25,26)21-9-8-19-18(22)12-21/h3-7,10-11,20H,8-9,12H2,1-2H3,(H,19,22). The Morgan fingerprint density at radius 3 is 2.37 bits per heavy atom. The molecule has 1 heterocycles. The highest BCUT2D eigenvalue weighted by molar-refractivity contribution is 7.92. The number of sulfonamides is 2. The van der Waals surface area contributed by atoms with E-state index >= 15 is 0 Å². The summed E-state index contributed by atoms with van der Waals surface area (Å²) in [5.41, 5.74) is 0.0623. The summed E-state index contributed by atoms with van der Waals surface area (Å²) in [5.74, 6) is 0.213. The van der Waals surface area contributed by atoms with Crippen molar-refractivity contribution in [2.45, 2.75) is 9.79 Å². The number of benzene rings is 2. The summed E-state index contributed by atoms with van der Waals surface area (Å²) in [6.45, 7) is 0.0588. The van der Waals surface area contributed by atoms with E-state index in [1.54, 1.807) is 0 Å². The minimum absolute atomic E-state index is 0.0623. The molecule has 2 N–H and O–H groups in total. The van der Waals surface area contributed by atoms with Gasteiger partial charge in [0.05, 0.1) is 36.2 Å². The predicted molar refractivity (Wildman–Crippen MR) is 109 cm³/mol. The second kappa shape index (κ2) is 8.50. The van der Waals surface area contributed by atoms with E-state index in [4.69, 9.17) is 9.47 Å². The van der Waals surface area contributed by atoms with Gasteiger partial charge in [0.2, 0.25) is 15.9 Å². The van der Waals surface area contributed by atoms with E-state index in [2.05, 4.69) is 10.0 Å². The molecular formula is C18H21N3O7S2. The molecule has 2 aromatic carbocycles. The number of carbonyl (C=O) groups is 1. The number of nitrogens with one attached hydrogen (secondary N) is 2. The van der Waals surface area contributed by atoms with Gasteiger partial charge in [-0.1, -0.05) is 6.07 Å². The molecule has 0 atom stereocenters. The van der Waals surface area contributed by atoms with Crippen LogP contribution < -0.4 is 19.5 Å². The zero-order chi connectivity index (χ0) is 21.9. The molecule has 30 heavy (non-hydrogen) atoms. The second-order valence-corrected chi connectivity index (χ2v) is 9.96. The molecule has 2 aromatic rings. The Morgan fingerprint density at radius 1 is 0.967 bits per heavy atom. The molecule has 1 aliphatic heterocycles. The van der Waals surface area contributed by atoms with Gasteiger partial charge in [-0.2, -0.15) is 4.31 Å². The Labute approximate surface area is 174 Å². The fraction of sp³-hybridized carbons (Fsp3) is 0.278. The van der Waals surface area contributed by atoms with Crippen molar-refractivity contribution >= 4 is 31.6 Å². The van der Waals surface area contributed by atoms with Crippen LogP contribution in [0.3, 0.4) is 0 Å². The number of methoxy groups -OCH3 is 2. The molecule has 10 nitrogen and oxygen atoms in total. The summed E-state index contributed by atoms with van der Waals surface area (Å²) in [7, 11) is -5.16. The second-order valence-electron chi connectivity index (χ2n) is 6.34. The summed E-state index contributed by atoms with van der Waals surface area (Å²) in [4.78, 5) is 11.3. The molecule has 0 aliphatic carbocycles. The number of hydrogen-bond donors (Lipinski definition) is 2. The minimum Gasteiger partial charge on any atom is -0.493 e. The molecule has 1 fully saturated rings. The van der Waals surface area contributed by atoms with Crippen LogP contribution in [0.2, 0.25) is 0 Å². The first-order valence-corrected chi connectivity index (χ1v) is 11.7. The summed E-state index contributed by atoms with van der Waals surface area (Å²) in [5, 5.41) is 2.56. The van der Waals surface area contributed by atoms with Crippen molar-refractivity contribution < 1.29 is 31.1 Å². The molecule has 0 saturated carbocycles. The molecule has 162 valence electrons. The summed E-state index contributed by atoms with van der Waals surface area (Å²) < 4.78 is 64.8. The van der Waals surface area contributed by atoms with Crippen molar-refractivity contribution in [1.29, 1.82) is 0 Å². The number of piperazine rings is 1. The number of anilines is 1. The highest BCUT2D eigenvalue weighted by Gasteiger charge is 2.29. The van der Waals surface area contributed by atoms with Crippen LogP contribution in [-0.2, 0) is 24.8 Å². The van der Waals surface area contributed by atoms with Gasteiger partial charge in [0, 0.05) is 19.2 Å².